The van der Waals surface area contributed by atoms with Gasteiger partial charge < -0.3 is 11.1 Å². The van der Waals surface area contributed by atoms with Crippen molar-refractivity contribution in [2.45, 2.75) is 44.1 Å². The van der Waals surface area contributed by atoms with Gasteiger partial charge in [0, 0.05) is 19.4 Å². The molecule has 0 unspecified atom stereocenters. The molecule has 1 heterocycles. The van der Waals surface area contributed by atoms with E-state index in [0.29, 0.717) is 6.54 Å². The van der Waals surface area contributed by atoms with E-state index < -0.39 is 0 Å². The minimum Gasteiger partial charge on any atom is -0.349 e. The number of carbonyl (C=O) groups is 2. The Balaban J connectivity index is 0.00000200. The zero-order chi connectivity index (χ0) is 13.7. The van der Waals surface area contributed by atoms with E-state index in [1.807, 2.05) is 11.4 Å². The SMILES string of the molecule is Cl.NCC1(NC(=O)CCC(=O)c2cccs2)CCCC1. The summed E-state index contributed by atoms with van der Waals surface area (Å²) in [4.78, 5) is 24.4. The first-order valence-corrected chi connectivity index (χ1v) is 7.61. The number of carbonyl (C=O) groups excluding carboxylic acids is 2. The lowest BCUT2D eigenvalue weighted by atomic mass is 9.97. The van der Waals surface area contributed by atoms with Crippen molar-refractivity contribution in [3.05, 3.63) is 22.4 Å². The van der Waals surface area contributed by atoms with Gasteiger partial charge in [-0.3, -0.25) is 9.59 Å². The summed E-state index contributed by atoms with van der Waals surface area (Å²) in [6.45, 7) is 0.484. The van der Waals surface area contributed by atoms with Crippen LogP contribution in [0.4, 0.5) is 0 Å². The summed E-state index contributed by atoms with van der Waals surface area (Å²) in [6.07, 6.45) is 4.66. The second kappa shape index (κ2) is 7.76. The van der Waals surface area contributed by atoms with Gasteiger partial charge in [-0.15, -0.1) is 23.7 Å². The molecule has 1 aliphatic carbocycles. The van der Waals surface area contributed by atoms with Gasteiger partial charge in [0.2, 0.25) is 5.91 Å². The molecule has 4 nitrogen and oxygen atoms in total. The molecule has 1 fully saturated rings. The lowest BCUT2D eigenvalue weighted by Gasteiger charge is -2.28. The first-order chi connectivity index (χ1) is 9.15. The number of amides is 1. The van der Waals surface area contributed by atoms with E-state index in [1.54, 1.807) is 6.07 Å². The average molecular weight is 317 g/mol. The van der Waals surface area contributed by atoms with Gasteiger partial charge in [-0.05, 0) is 24.3 Å². The van der Waals surface area contributed by atoms with Crippen LogP contribution in [0.1, 0.15) is 48.2 Å². The molecule has 6 heteroatoms. The summed E-state index contributed by atoms with van der Waals surface area (Å²) in [7, 11) is 0. The maximum Gasteiger partial charge on any atom is 0.220 e. The van der Waals surface area contributed by atoms with Crippen LogP contribution < -0.4 is 11.1 Å². The normalized spacial score (nSPS) is 16.4. The fourth-order valence-corrected chi connectivity index (χ4v) is 3.27. The number of nitrogens with one attached hydrogen (secondary N) is 1. The number of rotatable bonds is 6. The second-order valence-corrected chi connectivity index (χ2v) is 6.09. The number of hydrogen-bond donors (Lipinski definition) is 2. The number of nitrogens with two attached hydrogens (primary N) is 1. The number of hydrogen-bond acceptors (Lipinski definition) is 4. The Hall–Kier alpha value is -0.910. The Bertz CT molecular complexity index is 442. The van der Waals surface area contributed by atoms with Gasteiger partial charge in [-0.1, -0.05) is 18.9 Å². The topological polar surface area (TPSA) is 72.2 Å². The summed E-state index contributed by atoms with van der Waals surface area (Å²) in [5.74, 6) is -0.0179. The molecule has 0 bridgehead atoms. The van der Waals surface area contributed by atoms with E-state index in [4.69, 9.17) is 5.73 Å². The molecule has 1 aromatic rings. The zero-order valence-corrected chi connectivity index (χ0v) is 13.0. The summed E-state index contributed by atoms with van der Waals surface area (Å²) >= 11 is 1.42. The van der Waals surface area contributed by atoms with E-state index in [1.165, 1.54) is 11.3 Å². The molecule has 0 saturated heterocycles. The number of thiophene rings is 1. The van der Waals surface area contributed by atoms with E-state index >= 15 is 0 Å². The Labute approximate surface area is 129 Å². The van der Waals surface area contributed by atoms with E-state index in [9.17, 15) is 9.59 Å². The standard InChI is InChI=1S/C14H20N2O2S.ClH/c15-10-14(7-1-2-8-14)16-13(18)6-5-11(17)12-4-3-9-19-12;/h3-4,9H,1-2,5-8,10,15H2,(H,16,18);1H. The van der Waals surface area contributed by atoms with Crippen molar-refractivity contribution in [2.75, 3.05) is 6.54 Å². The molecule has 2 rings (SSSR count). The van der Waals surface area contributed by atoms with E-state index in [-0.39, 0.29) is 42.5 Å². The molecule has 20 heavy (non-hydrogen) atoms. The van der Waals surface area contributed by atoms with Crippen molar-refractivity contribution < 1.29 is 9.59 Å². The number of Topliss-reactive ketones (excluding diaryl/α,β-unsaturated/α-hetero) is 1. The minimum absolute atomic E-state index is 0. The third-order valence-corrected chi connectivity index (χ3v) is 4.64. The van der Waals surface area contributed by atoms with Crippen LogP contribution in [0, 0.1) is 0 Å². The first kappa shape index (κ1) is 17.1. The highest BCUT2D eigenvalue weighted by molar-refractivity contribution is 7.12. The van der Waals surface area contributed by atoms with Crippen LogP contribution in [0.5, 0.6) is 0 Å². The average Bonchev–Trinajstić information content (AvgIpc) is 3.07. The maximum atomic E-state index is 11.9. The molecule has 3 N–H and O–H groups in total. The molecular weight excluding hydrogens is 296 g/mol. The number of halogens is 1. The molecule has 0 spiro atoms. The lowest BCUT2D eigenvalue weighted by molar-refractivity contribution is -0.122. The zero-order valence-electron chi connectivity index (χ0n) is 11.4. The van der Waals surface area contributed by atoms with Gasteiger partial charge in [0.1, 0.15) is 0 Å². The maximum absolute atomic E-state index is 11.9. The smallest absolute Gasteiger partial charge is 0.220 e. The summed E-state index contributed by atoms with van der Waals surface area (Å²) < 4.78 is 0. The Morgan fingerprint density at radius 1 is 1.30 bits per heavy atom. The van der Waals surface area contributed by atoms with Gasteiger partial charge in [0.15, 0.2) is 5.78 Å². The van der Waals surface area contributed by atoms with Crippen LogP contribution in [0.25, 0.3) is 0 Å². The molecule has 0 aromatic carbocycles. The van der Waals surface area contributed by atoms with Crippen LogP contribution in [0.3, 0.4) is 0 Å². The molecule has 1 saturated carbocycles. The monoisotopic (exact) mass is 316 g/mol. The predicted octanol–water partition coefficient (Wildman–Crippen LogP) is 2.52. The lowest BCUT2D eigenvalue weighted by Crippen LogP contribution is -2.51. The van der Waals surface area contributed by atoms with Crippen molar-refractivity contribution in [1.29, 1.82) is 0 Å². The van der Waals surface area contributed by atoms with Crippen molar-refractivity contribution in [3.8, 4) is 0 Å². The van der Waals surface area contributed by atoms with Crippen LogP contribution in [0.15, 0.2) is 17.5 Å². The molecule has 0 atom stereocenters. The molecule has 112 valence electrons. The van der Waals surface area contributed by atoms with Gasteiger partial charge in [-0.2, -0.15) is 0 Å². The van der Waals surface area contributed by atoms with E-state index in [2.05, 4.69) is 5.32 Å². The molecular formula is C14H21ClN2O2S. The van der Waals surface area contributed by atoms with Crippen LogP contribution in [-0.4, -0.2) is 23.8 Å². The molecule has 1 aliphatic rings. The largest absolute Gasteiger partial charge is 0.349 e. The van der Waals surface area contributed by atoms with E-state index in [0.717, 1.165) is 30.6 Å². The minimum atomic E-state index is -0.219. The van der Waals surface area contributed by atoms with Crippen LogP contribution in [-0.2, 0) is 4.79 Å². The highest BCUT2D eigenvalue weighted by Gasteiger charge is 2.33. The Morgan fingerprint density at radius 2 is 2.00 bits per heavy atom. The summed E-state index contributed by atoms with van der Waals surface area (Å²) in [5, 5.41) is 4.90. The van der Waals surface area contributed by atoms with Crippen LogP contribution in [0.2, 0.25) is 0 Å². The fraction of sp³-hybridized carbons (Fsp3) is 0.571. The third-order valence-electron chi connectivity index (χ3n) is 3.73. The summed E-state index contributed by atoms with van der Waals surface area (Å²) in [5.41, 5.74) is 5.55. The molecule has 0 radical (unpaired) electrons. The predicted molar refractivity (Wildman–Crippen MR) is 83.5 cm³/mol. The molecule has 0 aliphatic heterocycles. The summed E-state index contributed by atoms with van der Waals surface area (Å²) in [6, 6.07) is 3.64. The van der Waals surface area contributed by atoms with Crippen molar-refractivity contribution in [2.24, 2.45) is 5.73 Å². The fourth-order valence-electron chi connectivity index (χ4n) is 2.58. The van der Waals surface area contributed by atoms with Crippen molar-refractivity contribution in [3.63, 3.8) is 0 Å². The van der Waals surface area contributed by atoms with Crippen LogP contribution >= 0.6 is 23.7 Å². The second-order valence-electron chi connectivity index (χ2n) is 5.14. The number of ketones is 1. The highest BCUT2D eigenvalue weighted by Crippen LogP contribution is 2.28. The quantitative estimate of drug-likeness (QED) is 0.792. The van der Waals surface area contributed by atoms with Gasteiger partial charge in [0.05, 0.1) is 10.4 Å². The van der Waals surface area contributed by atoms with Crippen molar-refractivity contribution in [1.82, 2.24) is 5.32 Å². The first-order valence-electron chi connectivity index (χ1n) is 6.73. The van der Waals surface area contributed by atoms with Crippen molar-refractivity contribution >= 4 is 35.4 Å². The third kappa shape index (κ3) is 4.30. The Kier molecular flexibility index (Phi) is 6.65. The molecule has 1 amide bonds. The highest BCUT2D eigenvalue weighted by atomic mass is 35.5. The van der Waals surface area contributed by atoms with Gasteiger partial charge >= 0.3 is 0 Å². The van der Waals surface area contributed by atoms with Gasteiger partial charge in [0.25, 0.3) is 0 Å². The van der Waals surface area contributed by atoms with Gasteiger partial charge in [-0.25, -0.2) is 0 Å². The molecule has 1 aromatic heterocycles. The Morgan fingerprint density at radius 3 is 2.55 bits per heavy atom.